The van der Waals surface area contributed by atoms with E-state index in [1.165, 1.54) is 18.3 Å². The standard InChI is InChI=1S/C12H10FN3O/c13-11-5-4-10(7-15-11)16-12(17)8-2-1-3-9(14)6-8/h1-7H,14H2,(H,16,17). The lowest BCUT2D eigenvalue weighted by Crippen LogP contribution is -2.12. The van der Waals surface area contributed by atoms with Crippen LogP contribution in [0.25, 0.3) is 0 Å². The van der Waals surface area contributed by atoms with Crippen molar-refractivity contribution in [3.05, 3.63) is 54.1 Å². The second-order valence-corrected chi connectivity index (χ2v) is 3.45. The van der Waals surface area contributed by atoms with Gasteiger partial charge >= 0.3 is 0 Å². The number of aromatic nitrogens is 1. The molecular weight excluding hydrogens is 221 g/mol. The van der Waals surface area contributed by atoms with Crippen LogP contribution in [0.5, 0.6) is 0 Å². The van der Waals surface area contributed by atoms with Gasteiger partial charge in [0.25, 0.3) is 5.91 Å². The summed E-state index contributed by atoms with van der Waals surface area (Å²) in [6, 6.07) is 9.19. The number of carbonyl (C=O) groups is 1. The number of amides is 1. The maximum Gasteiger partial charge on any atom is 0.255 e. The van der Waals surface area contributed by atoms with Crippen LogP contribution in [0.1, 0.15) is 10.4 Å². The van der Waals surface area contributed by atoms with E-state index in [1.54, 1.807) is 24.3 Å². The lowest BCUT2D eigenvalue weighted by molar-refractivity contribution is 0.102. The number of hydrogen-bond donors (Lipinski definition) is 2. The number of carbonyl (C=O) groups excluding carboxylic acids is 1. The van der Waals surface area contributed by atoms with Gasteiger partial charge in [0.1, 0.15) is 0 Å². The van der Waals surface area contributed by atoms with Crippen LogP contribution in [0.2, 0.25) is 0 Å². The van der Waals surface area contributed by atoms with E-state index in [0.29, 0.717) is 16.9 Å². The number of benzene rings is 1. The lowest BCUT2D eigenvalue weighted by atomic mass is 10.2. The van der Waals surface area contributed by atoms with Crippen molar-refractivity contribution in [1.82, 2.24) is 4.98 Å². The van der Waals surface area contributed by atoms with Gasteiger partial charge in [0.05, 0.1) is 11.9 Å². The highest BCUT2D eigenvalue weighted by Gasteiger charge is 2.06. The van der Waals surface area contributed by atoms with Crippen LogP contribution < -0.4 is 11.1 Å². The number of nitrogen functional groups attached to an aromatic ring is 1. The van der Waals surface area contributed by atoms with E-state index in [2.05, 4.69) is 10.3 Å². The van der Waals surface area contributed by atoms with Crippen molar-refractivity contribution >= 4 is 17.3 Å². The summed E-state index contributed by atoms with van der Waals surface area (Å²) < 4.78 is 12.6. The van der Waals surface area contributed by atoms with Crippen LogP contribution >= 0.6 is 0 Å². The molecule has 0 aliphatic rings. The van der Waals surface area contributed by atoms with Gasteiger partial charge in [-0.25, -0.2) is 4.98 Å². The van der Waals surface area contributed by atoms with Crippen LogP contribution in [0.3, 0.4) is 0 Å². The number of anilines is 2. The molecule has 86 valence electrons. The molecule has 1 heterocycles. The van der Waals surface area contributed by atoms with Gasteiger partial charge in [-0.15, -0.1) is 0 Å². The zero-order chi connectivity index (χ0) is 12.3. The first kappa shape index (κ1) is 11.1. The van der Waals surface area contributed by atoms with Gasteiger partial charge in [-0.1, -0.05) is 6.07 Å². The summed E-state index contributed by atoms with van der Waals surface area (Å²) in [7, 11) is 0. The highest BCUT2D eigenvalue weighted by Crippen LogP contribution is 2.10. The number of halogens is 1. The summed E-state index contributed by atoms with van der Waals surface area (Å²) in [4.78, 5) is 15.2. The second-order valence-electron chi connectivity index (χ2n) is 3.45. The summed E-state index contributed by atoms with van der Waals surface area (Å²) in [5.41, 5.74) is 6.95. The molecule has 1 aromatic heterocycles. The molecule has 0 radical (unpaired) electrons. The van der Waals surface area contributed by atoms with Gasteiger partial charge < -0.3 is 11.1 Å². The average molecular weight is 231 g/mol. The van der Waals surface area contributed by atoms with Gasteiger partial charge in [-0.2, -0.15) is 4.39 Å². The summed E-state index contributed by atoms with van der Waals surface area (Å²) in [6.07, 6.45) is 1.25. The van der Waals surface area contributed by atoms with E-state index in [1.807, 2.05) is 0 Å². The minimum absolute atomic E-state index is 0.314. The predicted octanol–water partition coefficient (Wildman–Crippen LogP) is 2.06. The van der Waals surface area contributed by atoms with Gasteiger partial charge in [-0.3, -0.25) is 4.79 Å². The fourth-order valence-electron chi connectivity index (χ4n) is 1.33. The number of nitrogens with zero attached hydrogens (tertiary/aromatic N) is 1. The molecule has 0 saturated carbocycles. The Labute approximate surface area is 97.3 Å². The second kappa shape index (κ2) is 4.61. The first-order valence-electron chi connectivity index (χ1n) is 4.93. The Morgan fingerprint density at radius 1 is 1.29 bits per heavy atom. The van der Waals surface area contributed by atoms with Crippen molar-refractivity contribution < 1.29 is 9.18 Å². The predicted molar refractivity (Wildman–Crippen MR) is 63.0 cm³/mol. The van der Waals surface area contributed by atoms with Crippen LogP contribution in [0, 0.1) is 5.95 Å². The Morgan fingerprint density at radius 3 is 2.76 bits per heavy atom. The summed E-state index contributed by atoms with van der Waals surface area (Å²) in [6.45, 7) is 0. The molecule has 0 aliphatic heterocycles. The molecule has 0 aliphatic carbocycles. The fraction of sp³-hybridized carbons (Fsp3) is 0. The molecule has 0 atom stereocenters. The third-order valence-electron chi connectivity index (χ3n) is 2.13. The number of nitrogens with one attached hydrogen (secondary N) is 1. The molecular formula is C12H10FN3O. The maximum absolute atomic E-state index is 12.6. The van der Waals surface area contributed by atoms with E-state index >= 15 is 0 Å². The van der Waals surface area contributed by atoms with Gasteiger partial charge in [0.2, 0.25) is 5.95 Å². The minimum atomic E-state index is -0.591. The van der Waals surface area contributed by atoms with Crippen LogP contribution in [0.15, 0.2) is 42.6 Å². The van der Waals surface area contributed by atoms with Crippen molar-refractivity contribution in [2.75, 3.05) is 11.1 Å². The van der Waals surface area contributed by atoms with E-state index in [4.69, 9.17) is 5.73 Å². The SMILES string of the molecule is Nc1cccc(C(=O)Nc2ccc(F)nc2)c1. The average Bonchev–Trinajstić information content (AvgIpc) is 2.32. The lowest BCUT2D eigenvalue weighted by Gasteiger charge is -2.05. The van der Waals surface area contributed by atoms with Crippen LogP contribution in [0.4, 0.5) is 15.8 Å². The molecule has 1 amide bonds. The molecule has 2 rings (SSSR count). The minimum Gasteiger partial charge on any atom is -0.399 e. The van der Waals surface area contributed by atoms with Crippen molar-refractivity contribution in [3.63, 3.8) is 0 Å². The molecule has 0 saturated heterocycles. The molecule has 0 unspecified atom stereocenters. The smallest absolute Gasteiger partial charge is 0.255 e. The van der Waals surface area contributed by atoms with Gasteiger partial charge in [0.15, 0.2) is 0 Å². The normalized spacial score (nSPS) is 9.94. The van der Waals surface area contributed by atoms with Crippen molar-refractivity contribution in [2.24, 2.45) is 0 Å². The van der Waals surface area contributed by atoms with Gasteiger partial charge in [-0.05, 0) is 30.3 Å². The van der Waals surface area contributed by atoms with E-state index in [0.717, 1.165) is 0 Å². The summed E-state index contributed by atoms with van der Waals surface area (Å²) in [5.74, 6) is -0.905. The largest absolute Gasteiger partial charge is 0.399 e. The molecule has 4 nitrogen and oxygen atoms in total. The molecule has 17 heavy (non-hydrogen) atoms. The van der Waals surface area contributed by atoms with E-state index in [-0.39, 0.29) is 5.91 Å². The number of nitrogens with two attached hydrogens (primary N) is 1. The number of pyridine rings is 1. The zero-order valence-electron chi connectivity index (χ0n) is 8.85. The first-order chi connectivity index (χ1) is 8.15. The highest BCUT2D eigenvalue weighted by molar-refractivity contribution is 6.04. The number of rotatable bonds is 2. The zero-order valence-corrected chi connectivity index (χ0v) is 8.85. The molecule has 0 spiro atoms. The quantitative estimate of drug-likeness (QED) is 0.614. The van der Waals surface area contributed by atoms with Crippen molar-refractivity contribution in [2.45, 2.75) is 0 Å². The fourth-order valence-corrected chi connectivity index (χ4v) is 1.33. The molecule has 5 heteroatoms. The third kappa shape index (κ3) is 2.78. The molecule has 1 aromatic carbocycles. The van der Waals surface area contributed by atoms with Crippen LogP contribution in [-0.2, 0) is 0 Å². The molecule has 3 N–H and O–H groups in total. The molecule has 0 bridgehead atoms. The highest BCUT2D eigenvalue weighted by atomic mass is 19.1. The van der Waals surface area contributed by atoms with Crippen molar-refractivity contribution in [1.29, 1.82) is 0 Å². The van der Waals surface area contributed by atoms with Crippen molar-refractivity contribution in [3.8, 4) is 0 Å². The number of hydrogen-bond acceptors (Lipinski definition) is 3. The molecule has 2 aromatic rings. The topological polar surface area (TPSA) is 68.0 Å². The Kier molecular flexibility index (Phi) is 3.00. The van der Waals surface area contributed by atoms with E-state index in [9.17, 15) is 9.18 Å². The Bertz CT molecular complexity index is 540. The Hall–Kier alpha value is -2.43. The molecule has 0 fully saturated rings. The Morgan fingerprint density at radius 2 is 2.12 bits per heavy atom. The third-order valence-corrected chi connectivity index (χ3v) is 2.13. The summed E-state index contributed by atoms with van der Waals surface area (Å²) in [5, 5.41) is 2.59. The monoisotopic (exact) mass is 231 g/mol. The van der Waals surface area contributed by atoms with Gasteiger partial charge in [0, 0.05) is 11.3 Å². The maximum atomic E-state index is 12.6. The summed E-state index contributed by atoms with van der Waals surface area (Å²) >= 11 is 0. The Balaban J connectivity index is 2.14. The van der Waals surface area contributed by atoms with E-state index < -0.39 is 5.95 Å². The van der Waals surface area contributed by atoms with Crippen LogP contribution in [-0.4, -0.2) is 10.9 Å². The first-order valence-corrected chi connectivity index (χ1v) is 4.93.